The van der Waals surface area contributed by atoms with Gasteiger partial charge in [-0.15, -0.1) is 0 Å². The Morgan fingerprint density at radius 1 is 1.37 bits per heavy atom. The van der Waals surface area contributed by atoms with Crippen LogP contribution >= 0.6 is 0 Å². The average Bonchev–Trinajstić information content (AvgIpc) is 2.37. The molecule has 0 aliphatic carbocycles. The lowest BCUT2D eigenvalue weighted by atomic mass is 10.2. The zero-order valence-electron chi connectivity index (χ0n) is 11.2. The van der Waals surface area contributed by atoms with Crippen LogP contribution in [0, 0.1) is 0 Å². The molecule has 0 aromatic heterocycles. The Morgan fingerprint density at radius 3 is 2.58 bits per heavy atom. The summed E-state index contributed by atoms with van der Waals surface area (Å²) >= 11 is 0. The number of para-hydroxylation sites is 1. The summed E-state index contributed by atoms with van der Waals surface area (Å²) in [6.45, 7) is 3.68. The van der Waals surface area contributed by atoms with Crippen molar-refractivity contribution in [3.8, 4) is 0 Å². The number of rotatable bonds is 6. The Bertz CT molecular complexity index is 541. The third-order valence-electron chi connectivity index (χ3n) is 3.03. The van der Waals surface area contributed by atoms with Crippen LogP contribution in [-0.2, 0) is 21.2 Å². The van der Waals surface area contributed by atoms with Gasteiger partial charge in [0.15, 0.2) is 9.84 Å². The fourth-order valence-corrected chi connectivity index (χ4v) is 2.82. The second-order valence-corrected chi connectivity index (χ2v) is 6.85. The Morgan fingerprint density at radius 2 is 2.00 bits per heavy atom. The fourth-order valence-electron chi connectivity index (χ4n) is 1.59. The first kappa shape index (κ1) is 15.7. The molecule has 3 N–H and O–H groups in total. The first-order valence-corrected chi connectivity index (χ1v) is 7.91. The lowest BCUT2D eigenvalue weighted by Crippen LogP contribution is -2.29. The van der Waals surface area contributed by atoms with E-state index in [1.165, 1.54) is 0 Å². The molecule has 0 bridgehead atoms. The van der Waals surface area contributed by atoms with Gasteiger partial charge in [0, 0.05) is 12.2 Å². The van der Waals surface area contributed by atoms with Crippen LogP contribution in [0.5, 0.6) is 0 Å². The molecule has 0 saturated carbocycles. The third kappa shape index (κ3) is 4.33. The monoisotopic (exact) mass is 284 g/mol. The predicted molar refractivity (Wildman–Crippen MR) is 76.5 cm³/mol. The van der Waals surface area contributed by atoms with Gasteiger partial charge in [-0.25, -0.2) is 8.42 Å². The Balaban J connectivity index is 2.76. The van der Waals surface area contributed by atoms with E-state index in [0.717, 1.165) is 5.56 Å². The SMILES string of the molecule is CCC(C)S(=O)(=O)CC(=O)Nc1ccccc1CN. The molecule has 5 nitrogen and oxygen atoms in total. The molecule has 19 heavy (non-hydrogen) atoms. The van der Waals surface area contributed by atoms with Crippen LogP contribution in [0.15, 0.2) is 24.3 Å². The Hall–Kier alpha value is -1.40. The number of benzene rings is 1. The van der Waals surface area contributed by atoms with Gasteiger partial charge in [-0.2, -0.15) is 0 Å². The number of anilines is 1. The van der Waals surface area contributed by atoms with E-state index in [0.29, 0.717) is 12.1 Å². The number of nitrogens with one attached hydrogen (secondary N) is 1. The first-order valence-electron chi connectivity index (χ1n) is 6.20. The highest BCUT2D eigenvalue weighted by molar-refractivity contribution is 7.92. The van der Waals surface area contributed by atoms with Gasteiger partial charge in [-0.1, -0.05) is 25.1 Å². The fraction of sp³-hybridized carbons (Fsp3) is 0.462. The maximum Gasteiger partial charge on any atom is 0.239 e. The van der Waals surface area contributed by atoms with E-state index < -0.39 is 26.7 Å². The first-order chi connectivity index (χ1) is 8.90. The van der Waals surface area contributed by atoms with Crippen molar-refractivity contribution >= 4 is 21.4 Å². The van der Waals surface area contributed by atoms with Gasteiger partial charge in [-0.3, -0.25) is 4.79 Å². The van der Waals surface area contributed by atoms with Crippen molar-refractivity contribution in [1.82, 2.24) is 0 Å². The number of sulfone groups is 1. The van der Waals surface area contributed by atoms with Gasteiger partial charge < -0.3 is 11.1 Å². The number of amides is 1. The van der Waals surface area contributed by atoms with Gasteiger partial charge in [0.2, 0.25) is 5.91 Å². The molecule has 0 spiro atoms. The van der Waals surface area contributed by atoms with Gasteiger partial charge in [0.25, 0.3) is 0 Å². The molecule has 1 amide bonds. The molecule has 0 heterocycles. The number of carbonyl (C=O) groups is 1. The van der Waals surface area contributed by atoms with Crippen LogP contribution in [-0.4, -0.2) is 25.3 Å². The summed E-state index contributed by atoms with van der Waals surface area (Å²) in [7, 11) is -3.39. The van der Waals surface area contributed by atoms with Crippen LogP contribution in [0.25, 0.3) is 0 Å². The molecule has 1 aromatic rings. The molecule has 0 aliphatic rings. The van der Waals surface area contributed by atoms with Crippen molar-refractivity contribution in [2.75, 3.05) is 11.1 Å². The zero-order valence-corrected chi connectivity index (χ0v) is 12.0. The maximum absolute atomic E-state index is 11.8. The lowest BCUT2D eigenvalue weighted by molar-refractivity contribution is -0.113. The number of carbonyl (C=O) groups excluding carboxylic acids is 1. The average molecular weight is 284 g/mol. The second kappa shape index (κ2) is 6.68. The molecule has 1 atom stereocenters. The van der Waals surface area contributed by atoms with Crippen LogP contribution < -0.4 is 11.1 Å². The zero-order chi connectivity index (χ0) is 14.5. The minimum atomic E-state index is -3.39. The molecule has 6 heteroatoms. The number of nitrogens with two attached hydrogens (primary N) is 1. The molecule has 0 saturated heterocycles. The highest BCUT2D eigenvalue weighted by atomic mass is 32.2. The van der Waals surface area contributed by atoms with Gasteiger partial charge in [-0.05, 0) is 25.0 Å². The van der Waals surface area contributed by atoms with E-state index >= 15 is 0 Å². The van der Waals surface area contributed by atoms with Crippen molar-refractivity contribution < 1.29 is 13.2 Å². The molecule has 0 aliphatic heterocycles. The summed E-state index contributed by atoms with van der Waals surface area (Å²) in [5.41, 5.74) is 6.89. The smallest absolute Gasteiger partial charge is 0.239 e. The van der Waals surface area contributed by atoms with Crippen molar-refractivity contribution in [2.45, 2.75) is 32.1 Å². The largest absolute Gasteiger partial charge is 0.326 e. The molecular formula is C13H20N2O3S. The summed E-state index contributed by atoms with van der Waals surface area (Å²) in [4.78, 5) is 11.8. The van der Waals surface area contributed by atoms with E-state index in [1.54, 1.807) is 32.0 Å². The van der Waals surface area contributed by atoms with Crippen molar-refractivity contribution in [1.29, 1.82) is 0 Å². The molecule has 106 valence electrons. The van der Waals surface area contributed by atoms with E-state index in [2.05, 4.69) is 5.32 Å². The summed E-state index contributed by atoms with van der Waals surface area (Å²) in [5.74, 6) is -1.03. The van der Waals surface area contributed by atoms with Crippen molar-refractivity contribution in [2.24, 2.45) is 5.73 Å². The summed E-state index contributed by atoms with van der Waals surface area (Å²) in [5, 5.41) is 2.09. The summed E-state index contributed by atoms with van der Waals surface area (Å²) in [6.07, 6.45) is 0.495. The van der Waals surface area contributed by atoms with Crippen LogP contribution in [0.1, 0.15) is 25.8 Å². The molecular weight excluding hydrogens is 264 g/mol. The molecule has 0 radical (unpaired) electrons. The lowest BCUT2D eigenvalue weighted by Gasteiger charge is -2.12. The Labute approximate surface area is 114 Å². The standard InChI is InChI=1S/C13H20N2O3S/c1-3-10(2)19(17,18)9-13(16)15-12-7-5-4-6-11(12)8-14/h4-7,10H,3,8-9,14H2,1-2H3,(H,15,16). The summed E-state index contributed by atoms with van der Waals surface area (Å²) in [6, 6.07) is 7.07. The van der Waals surface area contributed by atoms with E-state index in [1.807, 2.05) is 6.07 Å². The van der Waals surface area contributed by atoms with Crippen LogP contribution in [0.3, 0.4) is 0 Å². The molecule has 1 aromatic carbocycles. The minimum absolute atomic E-state index is 0.286. The van der Waals surface area contributed by atoms with Gasteiger partial charge in [0.05, 0.1) is 5.25 Å². The topological polar surface area (TPSA) is 89.3 Å². The van der Waals surface area contributed by atoms with Crippen molar-refractivity contribution in [3.05, 3.63) is 29.8 Å². The number of hydrogen-bond acceptors (Lipinski definition) is 4. The number of hydrogen-bond donors (Lipinski definition) is 2. The highest BCUT2D eigenvalue weighted by Gasteiger charge is 2.23. The summed E-state index contributed by atoms with van der Waals surface area (Å²) < 4.78 is 23.7. The van der Waals surface area contributed by atoms with Crippen LogP contribution in [0.4, 0.5) is 5.69 Å². The van der Waals surface area contributed by atoms with Gasteiger partial charge in [0.1, 0.15) is 5.75 Å². The molecule has 1 unspecified atom stereocenters. The quantitative estimate of drug-likeness (QED) is 0.824. The molecule has 1 rings (SSSR count). The van der Waals surface area contributed by atoms with Crippen LogP contribution in [0.2, 0.25) is 0 Å². The molecule has 0 fully saturated rings. The normalized spacial score (nSPS) is 13.0. The predicted octanol–water partition coefficient (Wildman–Crippen LogP) is 1.30. The second-order valence-electron chi connectivity index (χ2n) is 4.44. The highest BCUT2D eigenvalue weighted by Crippen LogP contribution is 2.14. The third-order valence-corrected chi connectivity index (χ3v) is 5.26. The van der Waals surface area contributed by atoms with Gasteiger partial charge >= 0.3 is 0 Å². The minimum Gasteiger partial charge on any atom is -0.326 e. The van der Waals surface area contributed by atoms with E-state index in [4.69, 9.17) is 5.73 Å². The Kier molecular flexibility index (Phi) is 5.50. The van der Waals surface area contributed by atoms with Crippen molar-refractivity contribution in [3.63, 3.8) is 0 Å². The van der Waals surface area contributed by atoms with E-state index in [9.17, 15) is 13.2 Å². The van der Waals surface area contributed by atoms with E-state index in [-0.39, 0.29) is 6.54 Å². The maximum atomic E-state index is 11.8.